The van der Waals surface area contributed by atoms with Crippen molar-refractivity contribution < 1.29 is 14.4 Å². The second-order valence-corrected chi connectivity index (χ2v) is 6.41. The fourth-order valence-corrected chi connectivity index (χ4v) is 3.61. The SMILES string of the molecule is CC(=O)NN1C(=O)/C(=C2\C(=O)N(C)c3ccccc32)SC1=S. The molecule has 0 bridgehead atoms. The maximum absolute atomic E-state index is 12.5. The highest BCUT2D eigenvalue weighted by atomic mass is 32.2. The van der Waals surface area contributed by atoms with E-state index in [1.54, 1.807) is 19.2 Å². The fraction of sp³-hybridized carbons (Fsp3) is 0.143. The van der Waals surface area contributed by atoms with Crippen LogP contribution in [0.5, 0.6) is 0 Å². The topological polar surface area (TPSA) is 69.7 Å². The lowest BCUT2D eigenvalue weighted by Gasteiger charge is -2.13. The van der Waals surface area contributed by atoms with Gasteiger partial charge in [0.05, 0.1) is 16.2 Å². The lowest BCUT2D eigenvalue weighted by atomic mass is 10.1. The highest BCUT2D eigenvalue weighted by Gasteiger charge is 2.41. The molecule has 3 rings (SSSR count). The van der Waals surface area contributed by atoms with Crippen molar-refractivity contribution in [1.82, 2.24) is 10.4 Å². The number of anilines is 1. The number of carbonyl (C=O) groups excluding carboxylic acids is 3. The highest BCUT2D eigenvalue weighted by Crippen LogP contribution is 2.43. The Bertz CT molecular complexity index is 772. The summed E-state index contributed by atoms with van der Waals surface area (Å²) in [5.74, 6) is -1.15. The molecule has 6 nitrogen and oxygen atoms in total. The maximum Gasteiger partial charge on any atom is 0.286 e. The van der Waals surface area contributed by atoms with Crippen LogP contribution in [0.4, 0.5) is 5.69 Å². The monoisotopic (exact) mass is 333 g/mol. The second kappa shape index (κ2) is 5.22. The van der Waals surface area contributed by atoms with Crippen LogP contribution in [0.2, 0.25) is 0 Å². The van der Waals surface area contributed by atoms with Gasteiger partial charge in [-0.3, -0.25) is 19.8 Å². The van der Waals surface area contributed by atoms with Gasteiger partial charge in [0.15, 0.2) is 4.32 Å². The molecule has 0 saturated carbocycles. The number of thioether (sulfide) groups is 1. The normalized spacial score (nSPS) is 20.7. The van der Waals surface area contributed by atoms with Gasteiger partial charge < -0.3 is 4.90 Å². The van der Waals surface area contributed by atoms with E-state index >= 15 is 0 Å². The molecule has 1 aromatic carbocycles. The van der Waals surface area contributed by atoms with Gasteiger partial charge in [0.25, 0.3) is 11.8 Å². The molecule has 0 aliphatic carbocycles. The van der Waals surface area contributed by atoms with E-state index in [0.29, 0.717) is 11.1 Å². The molecule has 2 aliphatic heterocycles. The van der Waals surface area contributed by atoms with Crippen molar-refractivity contribution in [3.63, 3.8) is 0 Å². The van der Waals surface area contributed by atoms with Gasteiger partial charge in [0.1, 0.15) is 0 Å². The third-order valence-electron chi connectivity index (χ3n) is 3.32. The highest BCUT2D eigenvalue weighted by molar-refractivity contribution is 8.26. The number of carbonyl (C=O) groups is 3. The summed E-state index contributed by atoms with van der Waals surface area (Å²) in [4.78, 5) is 37.9. The van der Waals surface area contributed by atoms with Crippen molar-refractivity contribution in [2.24, 2.45) is 0 Å². The minimum Gasteiger partial charge on any atom is -0.311 e. The van der Waals surface area contributed by atoms with Gasteiger partial charge in [-0.2, -0.15) is 5.01 Å². The van der Waals surface area contributed by atoms with Crippen LogP contribution in [0, 0.1) is 0 Å². The average molecular weight is 333 g/mol. The van der Waals surface area contributed by atoms with Crippen molar-refractivity contribution in [2.45, 2.75) is 6.92 Å². The Morgan fingerprint density at radius 2 is 1.91 bits per heavy atom. The molecule has 22 heavy (non-hydrogen) atoms. The number of fused-ring (bicyclic) bond motifs is 1. The summed E-state index contributed by atoms with van der Waals surface area (Å²) in [6.45, 7) is 1.29. The van der Waals surface area contributed by atoms with E-state index in [4.69, 9.17) is 12.2 Å². The predicted molar refractivity (Wildman–Crippen MR) is 87.6 cm³/mol. The first-order valence-electron chi connectivity index (χ1n) is 6.37. The number of hydrazine groups is 1. The van der Waals surface area contributed by atoms with Gasteiger partial charge in [-0.25, -0.2) is 0 Å². The molecule has 2 aliphatic rings. The Hall–Kier alpha value is -2.19. The van der Waals surface area contributed by atoms with Gasteiger partial charge >= 0.3 is 0 Å². The zero-order valence-corrected chi connectivity index (χ0v) is 13.4. The molecule has 2 heterocycles. The Kier molecular flexibility index (Phi) is 3.50. The first-order chi connectivity index (χ1) is 10.4. The molecule has 0 radical (unpaired) electrons. The molecule has 8 heteroatoms. The molecule has 0 unspecified atom stereocenters. The van der Waals surface area contributed by atoms with Crippen LogP contribution in [0.25, 0.3) is 5.57 Å². The molecule has 3 amide bonds. The van der Waals surface area contributed by atoms with Crippen LogP contribution in [0.1, 0.15) is 12.5 Å². The quantitative estimate of drug-likeness (QED) is 0.619. The van der Waals surface area contributed by atoms with Crippen LogP contribution in [0.3, 0.4) is 0 Å². The lowest BCUT2D eigenvalue weighted by molar-refractivity contribution is -0.132. The summed E-state index contributed by atoms with van der Waals surface area (Å²) < 4.78 is 0.197. The Balaban J connectivity index is 2.12. The van der Waals surface area contributed by atoms with Gasteiger partial charge in [0.2, 0.25) is 5.91 Å². The molecule has 112 valence electrons. The molecular formula is C14H11N3O3S2. The summed E-state index contributed by atoms with van der Waals surface area (Å²) in [6.07, 6.45) is 0. The van der Waals surface area contributed by atoms with Gasteiger partial charge in [-0.05, 0) is 18.3 Å². The zero-order chi connectivity index (χ0) is 16.0. The van der Waals surface area contributed by atoms with E-state index in [2.05, 4.69) is 5.43 Å². The van der Waals surface area contributed by atoms with E-state index in [9.17, 15) is 14.4 Å². The van der Waals surface area contributed by atoms with Crippen molar-refractivity contribution in [3.05, 3.63) is 34.7 Å². The molecule has 1 fully saturated rings. The smallest absolute Gasteiger partial charge is 0.286 e. The number of benzene rings is 1. The number of hydrogen-bond donors (Lipinski definition) is 1. The van der Waals surface area contributed by atoms with E-state index in [1.807, 2.05) is 12.1 Å². The van der Waals surface area contributed by atoms with Crippen LogP contribution < -0.4 is 10.3 Å². The molecular weight excluding hydrogens is 322 g/mol. The third kappa shape index (κ3) is 2.11. The summed E-state index contributed by atoms with van der Waals surface area (Å²) in [6, 6.07) is 7.24. The number of hydrogen-bond acceptors (Lipinski definition) is 5. The maximum atomic E-state index is 12.5. The van der Waals surface area contributed by atoms with E-state index in [-0.39, 0.29) is 15.1 Å². The second-order valence-electron chi connectivity index (χ2n) is 4.76. The zero-order valence-electron chi connectivity index (χ0n) is 11.7. The Morgan fingerprint density at radius 1 is 1.23 bits per heavy atom. The van der Waals surface area contributed by atoms with Crippen molar-refractivity contribution in [1.29, 1.82) is 0 Å². The molecule has 1 N–H and O–H groups in total. The largest absolute Gasteiger partial charge is 0.311 e. The average Bonchev–Trinajstić information content (AvgIpc) is 2.88. The number of nitrogens with one attached hydrogen (secondary N) is 1. The minimum atomic E-state index is -0.487. The van der Waals surface area contributed by atoms with E-state index < -0.39 is 11.8 Å². The van der Waals surface area contributed by atoms with E-state index in [0.717, 1.165) is 22.5 Å². The third-order valence-corrected chi connectivity index (χ3v) is 4.69. The van der Waals surface area contributed by atoms with Crippen molar-refractivity contribution in [3.8, 4) is 0 Å². The molecule has 0 aromatic heterocycles. The summed E-state index contributed by atoms with van der Waals surface area (Å²) in [5.41, 5.74) is 4.13. The van der Waals surface area contributed by atoms with Crippen LogP contribution in [-0.2, 0) is 14.4 Å². The number of likely N-dealkylation sites (N-methyl/N-ethyl adjacent to an activating group) is 1. The first-order valence-corrected chi connectivity index (χ1v) is 7.59. The first kappa shape index (κ1) is 14.7. The minimum absolute atomic E-state index is 0.197. The summed E-state index contributed by atoms with van der Waals surface area (Å²) in [5, 5.41) is 0.999. The number of thiocarbonyl (C=S) groups is 1. The number of rotatable bonds is 1. The van der Waals surface area contributed by atoms with Crippen LogP contribution in [0.15, 0.2) is 29.2 Å². The van der Waals surface area contributed by atoms with Crippen LogP contribution in [-0.4, -0.2) is 34.1 Å². The Morgan fingerprint density at radius 3 is 2.59 bits per heavy atom. The van der Waals surface area contributed by atoms with Crippen LogP contribution >= 0.6 is 24.0 Å². The number of amides is 3. The lowest BCUT2D eigenvalue weighted by Crippen LogP contribution is -2.43. The van der Waals surface area contributed by atoms with Crippen molar-refractivity contribution >= 4 is 57.3 Å². The number of nitrogens with zero attached hydrogens (tertiary/aromatic N) is 2. The van der Waals surface area contributed by atoms with Gasteiger partial charge in [-0.1, -0.05) is 30.0 Å². The van der Waals surface area contributed by atoms with Crippen molar-refractivity contribution in [2.75, 3.05) is 11.9 Å². The standard InChI is InChI=1S/C14H11N3O3S2/c1-7(18)15-17-13(20)11(22-14(17)21)10-8-5-3-4-6-9(8)16(2)12(10)19/h3-6H,1-2H3,(H,15,18)/b11-10+. The predicted octanol–water partition coefficient (Wildman–Crippen LogP) is 1.29. The fourth-order valence-electron chi connectivity index (χ4n) is 2.36. The molecule has 0 spiro atoms. The molecule has 1 aromatic rings. The van der Waals surface area contributed by atoms with Gasteiger partial charge in [0, 0.05) is 19.5 Å². The summed E-state index contributed by atoms with van der Waals surface area (Å²) in [7, 11) is 1.66. The van der Waals surface area contributed by atoms with E-state index in [1.165, 1.54) is 11.8 Å². The number of para-hydroxylation sites is 1. The Labute approximate surface area is 136 Å². The summed E-state index contributed by atoms with van der Waals surface area (Å²) >= 11 is 6.13. The molecule has 0 atom stereocenters. The molecule has 1 saturated heterocycles. The van der Waals surface area contributed by atoms with Gasteiger partial charge in [-0.15, -0.1) is 0 Å².